The van der Waals surface area contributed by atoms with Gasteiger partial charge in [0.1, 0.15) is 24.0 Å². The van der Waals surface area contributed by atoms with E-state index in [0.717, 1.165) is 60.7 Å². The SMILES string of the molecule is CCCN(C)C(=O)c1ccc(-c2ccc(Cl)cc2)c(COc2ccc(-c3nc4cc(C(=O)O)ccc4n3C3CCCCC3)c(F)c2)c1. The van der Waals surface area contributed by atoms with Crippen LogP contribution in [0.3, 0.4) is 0 Å². The van der Waals surface area contributed by atoms with Gasteiger partial charge in [-0.2, -0.15) is 0 Å². The van der Waals surface area contributed by atoms with E-state index in [4.69, 9.17) is 21.3 Å². The fourth-order valence-electron chi connectivity index (χ4n) is 6.47. The minimum atomic E-state index is -1.03. The number of carboxylic acids is 1. The summed E-state index contributed by atoms with van der Waals surface area (Å²) in [6, 6.07) is 22.8. The van der Waals surface area contributed by atoms with Gasteiger partial charge in [-0.15, -0.1) is 0 Å². The number of imidazole rings is 1. The molecule has 4 aromatic carbocycles. The van der Waals surface area contributed by atoms with E-state index in [1.165, 1.54) is 6.07 Å². The van der Waals surface area contributed by atoms with Crippen molar-refractivity contribution in [1.29, 1.82) is 0 Å². The number of fused-ring (bicyclic) bond motifs is 1. The Kier molecular flexibility index (Phi) is 9.59. The van der Waals surface area contributed by atoms with E-state index in [2.05, 4.69) is 4.57 Å². The maximum atomic E-state index is 16.0. The Hall–Kier alpha value is -4.69. The highest BCUT2D eigenvalue weighted by atomic mass is 35.5. The van der Waals surface area contributed by atoms with Crippen molar-refractivity contribution in [3.05, 3.63) is 106 Å². The molecular formula is C38H37ClFN3O4. The van der Waals surface area contributed by atoms with Gasteiger partial charge in [-0.05, 0) is 90.6 Å². The summed E-state index contributed by atoms with van der Waals surface area (Å²) in [6.07, 6.45) is 6.07. The van der Waals surface area contributed by atoms with Gasteiger partial charge in [-0.25, -0.2) is 14.2 Å². The van der Waals surface area contributed by atoms with Crippen molar-refractivity contribution < 1.29 is 23.8 Å². The van der Waals surface area contributed by atoms with E-state index < -0.39 is 11.8 Å². The van der Waals surface area contributed by atoms with Crippen LogP contribution in [0.5, 0.6) is 5.75 Å². The number of amides is 1. The minimum Gasteiger partial charge on any atom is -0.489 e. The predicted molar refractivity (Wildman–Crippen MR) is 183 cm³/mol. The average Bonchev–Trinajstić information content (AvgIpc) is 3.46. The Morgan fingerprint density at radius 1 is 0.957 bits per heavy atom. The molecule has 242 valence electrons. The predicted octanol–water partition coefficient (Wildman–Crippen LogP) is 9.43. The van der Waals surface area contributed by atoms with Gasteiger partial charge in [0.05, 0.1) is 22.2 Å². The van der Waals surface area contributed by atoms with E-state index in [0.29, 0.717) is 39.8 Å². The molecule has 1 amide bonds. The molecule has 0 spiro atoms. The zero-order valence-electron chi connectivity index (χ0n) is 26.5. The largest absolute Gasteiger partial charge is 0.489 e. The molecule has 0 unspecified atom stereocenters. The summed E-state index contributed by atoms with van der Waals surface area (Å²) in [5.41, 5.74) is 4.92. The number of aromatic carboxylic acids is 1. The van der Waals surface area contributed by atoms with Crippen LogP contribution >= 0.6 is 11.6 Å². The minimum absolute atomic E-state index is 0.0810. The first kappa shape index (κ1) is 32.3. The number of rotatable bonds is 10. The molecule has 1 aliphatic carbocycles. The van der Waals surface area contributed by atoms with E-state index >= 15 is 4.39 Å². The molecule has 0 saturated heterocycles. The summed E-state index contributed by atoms with van der Waals surface area (Å²) >= 11 is 6.14. The number of carbonyl (C=O) groups excluding carboxylic acids is 1. The van der Waals surface area contributed by atoms with Crippen LogP contribution in [-0.4, -0.2) is 45.0 Å². The Morgan fingerprint density at radius 2 is 1.68 bits per heavy atom. The van der Waals surface area contributed by atoms with Crippen molar-refractivity contribution >= 4 is 34.5 Å². The zero-order chi connectivity index (χ0) is 33.1. The molecule has 1 N–H and O–H groups in total. The van der Waals surface area contributed by atoms with Crippen LogP contribution in [0.15, 0.2) is 78.9 Å². The molecule has 7 nitrogen and oxygen atoms in total. The summed E-state index contributed by atoms with van der Waals surface area (Å²) in [6.45, 7) is 2.77. The van der Waals surface area contributed by atoms with Crippen LogP contribution in [0.2, 0.25) is 5.02 Å². The maximum Gasteiger partial charge on any atom is 0.335 e. The Bertz CT molecular complexity index is 1930. The summed E-state index contributed by atoms with van der Waals surface area (Å²) in [4.78, 5) is 31.2. The summed E-state index contributed by atoms with van der Waals surface area (Å²) in [5.74, 6) is -0.790. The Labute approximate surface area is 278 Å². The number of nitrogens with zero attached hydrogens (tertiary/aromatic N) is 3. The highest BCUT2D eigenvalue weighted by Crippen LogP contribution is 2.38. The first-order chi connectivity index (χ1) is 22.7. The number of halogens is 2. The number of ether oxygens (including phenoxy) is 1. The third-order valence-electron chi connectivity index (χ3n) is 8.87. The highest BCUT2D eigenvalue weighted by molar-refractivity contribution is 6.30. The van der Waals surface area contributed by atoms with Crippen molar-refractivity contribution in [3.8, 4) is 28.3 Å². The summed E-state index contributed by atoms with van der Waals surface area (Å²) in [7, 11) is 1.78. The number of aromatic nitrogens is 2. The second kappa shape index (κ2) is 14.0. The van der Waals surface area contributed by atoms with Crippen LogP contribution in [0.1, 0.15) is 77.8 Å². The maximum absolute atomic E-state index is 16.0. The third kappa shape index (κ3) is 6.88. The van der Waals surface area contributed by atoms with Crippen LogP contribution in [0.4, 0.5) is 4.39 Å². The van der Waals surface area contributed by atoms with Crippen LogP contribution in [-0.2, 0) is 6.61 Å². The molecule has 5 aromatic rings. The van der Waals surface area contributed by atoms with Gasteiger partial charge < -0.3 is 19.3 Å². The topological polar surface area (TPSA) is 84.7 Å². The van der Waals surface area contributed by atoms with Gasteiger partial charge in [-0.3, -0.25) is 4.79 Å². The molecule has 1 heterocycles. The van der Waals surface area contributed by atoms with Crippen molar-refractivity contribution in [2.45, 2.75) is 58.1 Å². The molecule has 1 saturated carbocycles. The molecule has 9 heteroatoms. The van der Waals surface area contributed by atoms with E-state index in [-0.39, 0.29) is 24.1 Å². The summed E-state index contributed by atoms with van der Waals surface area (Å²) < 4.78 is 24.2. The lowest BCUT2D eigenvalue weighted by molar-refractivity contribution is 0.0696. The monoisotopic (exact) mass is 653 g/mol. The van der Waals surface area contributed by atoms with Crippen molar-refractivity contribution in [1.82, 2.24) is 14.5 Å². The lowest BCUT2D eigenvalue weighted by Gasteiger charge is -2.25. The molecule has 0 atom stereocenters. The van der Waals surface area contributed by atoms with E-state index in [1.54, 1.807) is 42.3 Å². The first-order valence-corrected chi connectivity index (χ1v) is 16.4. The first-order valence-electron chi connectivity index (χ1n) is 16.1. The van der Waals surface area contributed by atoms with Crippen molar-refractivity contribution in [2.24, 2.45) is 0 Å². The number of benzene rings is 4. The van der Waals surface area contributed by atoms with Gasteiger partial charge in [0.25, 0.3) is 5.91 Å². The quantitative estimate of drug-likeness (QED) is 0.162. The number of hydrogen-bond acceptors (Lipinski definition) is 4. The number of carboxylic acid groups (broad SMARTS) is 1. The average molecular weight is 654 g/mol. The number of hydrogen-bond donors (Lipinski definition) is 1. The van der Waals surface area contributed by atoms with Crippen molar-refractivity contribution in [3.63, 3.8) is 0 Å². The molecule has 1 aromatic heterocycles. The van der Waals surface area contributed by atoms with E-state index in [9.17, 15) is 14.7 Å². The van der Waals surface area contributed by atoms with Crippen molar-refractivity contribution in [2.75, 3.05) is 13.6 Å². The summed E-state index contributed by atoms with van der Waals surface area (Å²) in [5, 5.41) is 10.2. The van der Waals surface area contributed by atoms with Gasteiger partial charge in [-0.1, -0.05) is 56.0 Å². The fourth-order valence-corrected chi connectivity index (χ4v) is 6.60. The van der Waals surface area contributed by atoms with Gasteiger partial charge in [0.15, 0.2) is 0 Å². The molecule has 1 fully saturated rings. The molecule has 47 heavy (non-hydrogen) atoms. The van der Waals surface area contributed by atoms with E-state index in [1.807, 2.05) is 49.4 Å². The molecule has 6 rings (SSSR count). The second-order valence-corrected chi connectivity index (χ2v) is 12.6. The molecule has 0 aliphatic heterocycles. The van der Waals surface area contributed by atoms with Crippen LogP contribution in [0, 0.1) is 5.82 Å². The lowest BCUT2D eigenvalue weighted by Crippen LogP contribution is -2.27. The molecule has 1 aliphatic rings. The van der Waals surface area contributed by atoms with Crippen LogP contribution < -0.4 is 4.74 Å². The highest BCUT2D eigenvalue weighted by Gasteiger charge is 2.25. The second-order valence-electron chi connectivity index (χ2n) is 12.1. The van der Waals surface area contributed by atoms with Crippen LogP contribution in [0.25, 0.3) is 33.5 Å². The third-order valence-corrected chi connectivity index (χ3v) is 9.12. The molecule has 0 bridgehead atoms. The molecular weight excluding hydrogens is 617 g/mol. The van der Waals surface area contributed by atoms with Gasteiger partial charge in [0.2, 0.25) is 0 Å². The fraction of sp³-hybridized carbons (Fsp3) is 0.289. The Morgan fingerprint density at radius 3 is 2.38 bits per heavy atom. The zero-order valence-corrected chi connectivity index (χ0v) is 27.3. The smallest absolute Gasteiger partial charge is 0.335 e. The standard InChI is InChI=1S/C38H37ClFN3O4/c1-3-19-42(2)37(44)25-11-16-31(24-9-13-28(39)14-10-24)27(20-25)23-47-30-15-17-32(33(40)22-30)36-41-34-21-26(38(45)46)12-18-35(34)43(36)29-7-5-4-6-8-29/h9-18,20-22,29H,3-8,19,23H2,1-2H3,(H,45,46). The molecule has 0 radical (unpaired) electrons. The Balaban J connectivity index is 1.32. The number of carbonyl (C=O) groups is 2. The van der Waals surface area contributed by atoms with Gasteiger partial charge in [0, 0.05) is 36.3 Å². The van der Waals surface area contributed by atoms with Gasteiger partial charge >= 0.3 is 5.97 Å². The lowest BCUT2D eigenvalue weighted by atomic mass is 9.94. The normalized spacial score (nSPS) is 13.5.